The van der Waals surface area contributed by atoms with Gasteiger partial charge in [0, 0.05) is 25.5 Å². The zero-order valence-electron chi connectivity index (χ0n) is 10.7. The summed E-state index contributed by atoms with van der Waals surface area (Å²) >= 11 is 6.07. The third-order valence-corrected chi connectivity index (χ3v) is 3.23. The van der Waals surface area contributed by atoms with Crippen molar-refractivity contribution < 1.29 is 4.79 Å². The smallest absolute Gasteiger partial charge is 0.255 e. The number of nitrogens with zero attached hydrogens (tertiary/aromatic N) is 2. The highest BCUT2D eigenvalue weighted by Gasteiger charge is 2.16. The summed E-state index contributed by atoms with van der Waals surface area (Å²) in [4.78, 5) is 18.2. The van der Waals surface area contributed by atoms with E-state index in [1.807, 2.05) is 31.2 Å². The second-order valence-corrected chi connectivity index (χ2v) is 4.56. The number of hydrogen-bond acceptors (Lipinski definition) is 2. The summed E-state index contributed by atoms with van der Waals surface area (Å²) in [5.74, 6) is -0.0510. The van der Waals surface area contributed by atoms with Crippen LogP contribution in [0.4, 0.5) is 0 Å². The topological polar surface area (TPSA) is 33.2 Å². The van der Waals surface area contributed by atoms with E-state index in [9.17, 15) is 4.79 Å². The van der Waals surface area contributed by atoms with Gasteiger partial charge >= 0.3 is 0 Å². The van der Waals surface area contributed by atoms with Crippen LogP contribution < -0.4 is 0 Å². The van der Waals surface area contributed by atoms with Crippen molar-refractivity contribution in [3.63, 3.8) is 0 Å². The number of carbonyl (C=O) groups is 1. The molecule has 0 saturated carbocycles. The minimum absolute atomic E-state index is 0.0510. The highest BCUT2D eigenvalue weighted by molar-refractivity contribution is 6.33. The number of rotatable bonds is 4. The van der Waals surface area contributed by atoms with Gasteiger partial charge in [0.2, 0.25) is 0 Å². The Balaban J connectivity index is 2.18. The molecule has 2 aromatic rings. The third kappa shape index (κ3) is 3.32. The molecule has 0 atom stereocenters. The molecule has 0 bridgehead atoms. The van der Waals surface area contributed by atoms with E-state index in [0.717, 1.165) is 5.56 Å². The van der Waals surface area contributed by atoms with E-state index in [1.165, 1.54) is 0 Å². The molecule has 0 aliphatic rings. The van der Waals surface area contributed by atoms with Crippen molar-refractivity contribution in [2.75, 3.05) is 6.54 Å². The molecule has 1 amide bonds. The summed E-state index contributed by atoms with van der Waals surface area (Å²) < 4.78 is 0. The van der Waals surface area contributed by atoms with E-state index in [2.05, 4.69) is 4.98 Å². The molecule has 1 aromatic carbocycles. The lowest BCUT2D eigenvalue weighted by Gasteiger charge is -2.21. The van der Waals surface area contributed by atoms with Gasteiger partial charge in [0.05, 0.1) is 10.6 Å². The molecule has 0 aliphatic heterocycles. The first kappa shape index (κ1) is 13.6. The van der Waals surface area contributed by atoms with Crippen LogP contribution in [0, 0.1) is 0 Å². The van der Waals surface area contributed by atoms with E-state index in [1.54, 1.807) is 29.4 Å². The summed E-state index contributed by atoms with van der Waals surface area (Å²) in [6, 6.07) is 10.9. The van der Waals surface area contributed by atoms with Crippen molar-refractivity contribution in [2.24, 2.45) is 0 Å². The lowest BCUT2D eigenvalue weighted by Crippen LogP contribution is -2.30. The number of benzene rings is 1. The van der Waals surface area contributed by atoms with Gasteiger partial charge in [0.15, 0.2) is 0 Å². The highest BCUT2D eigenvalue weighted by atomic mass is 35.5. The molecule has 0 aliphatic carbocycles. The molecule has 19 heavy (non-hydrogen) atoms. The van der Waals surface area contributed by atoms with Gasteiger partial charge < -0.3 is 4.90 Å². The second kappa shape index (κ2) is 6.34. The maximum Gasteiger partial charge on any atom is 0.255 e. The standard InChI is InChI=1S/C15H15ClN2O/c1-2-18(11-12-7-9-17-10-8-12)15(19)13-5-3-4-6-14(13)16/h3-10H,2,11H2,1H3. The van der Waals surface area contributed by atoms with Gasteiger partial charge in [0.25, 0.3) is 5.91 Å². The van der Waals surface area contributed by atoms with Crippen LogP contribution in [-0.2, 0) is 6.54 Å². The fraction of sp³-hybridized carbons (Fsp3) is 0.200. The van der Waals surface area contributed by atoms with Crippen LogP contribution in [0.5, 0.6) is 0 Å². The van der Waals surface area contributed by atoms with Gasteiger partial charge in [-0.1, -0.05) is 23.7 Å². The Hall–Kier alpha value is -1.87. The third-order valence-electron chi connectivity index (χ3n) is 2.90. The van der Waals surface area contributed by atoms with Gasteiger partial charge in [-0.3, -0.25) is 9.78 Å². The minimum Gasteiger partial charge on any atom is -0.335 e. The molecular formula is C15H15ClN2O. The Bertz CT molecular complexity index is 557. The molecule has 0 fully saturated rings. The summed E-state index contributed by atoms with van der Waals surface area (Å²) in [7, 11) is 0. The minimum atomic E-state index is -0.0510. The van der Waals surface area contributed by atoms with Crippen molar-refractivity contribution in [3.05, 3.63) is 64.9 Å². The van der Waals surface area contributed by atoms with Gasteiger partial charge in [-0.05, 0) is 36.8 Å². The summed E-state index contributed by atoms with van der Waals surface area (Å²) in [5.41, 5.74) is 1.59. The highest BCUT2D eigenvalue weighted by Crippen LogP contribution is 2.18. The number of halogens is 1. The molecule has 0 unspecified atom stereocenters. The monoisotopic (exact) mass is 274 g/mol. The van der Waals surface area contributed by atoms with Crippen LogP contribution in [0.3, 0.4) is 0 Å². The summed E-state index contributed by atoms with van der Waals surface area (Å²) in [5, 5.41) is 0.487. The second-order valence-electron chi connectivity index (χ2n) is 4.15. The molecule has 98 valence electrons. The lowest BCUT2D eigenvalue weighted by atomic mass is 10.1. The van der Waals surface area contributed by atoms with Crippen LogP contribution in [0.2, 0.25) is 5.02 Å². The van der Waals surface area contributed by atoms with E-state index in [-0.39, 0.29) is 5.91 Å². The molecule has 4 heteroatoms. The normalized spacial score (nSPS) is 10.2. The van der Waals surface area contributed by atoms with Gasteiger partial charge in [-0.25, -0.2) is 0 Å². The first-order valence-electron chi connectivity index (χ1n) is 6.15. The fourth-order valence-corrected chi connectivity index (χ4v) is 2.06. The van der Waals surface area contributed by atoms with Gasteiger partial charge in [0.1, 0.15) is 0 Å². The van der Waals surface area contributed by atoms with Crippen LogP contribution in [-0.4, -0.2) is 22.3 Å². The number of carbonyl (C=O) groups excluding carboxylic acids is 1. The Morgan fingerprint density at radius 2 is 1.89 bits per heavy atom. The van der Waals surface area contributed by atoms with E-state index >= 15 is 0 Å². The maximum atomic E-state index is 12.4. The maximum absolute atomic E-state index is 12.4. The molecule has 3 nitrogen and oxygen atoms in total. The van der Waals surface area contributed by atoms with Crippen LogP contribution in [0.15, 0.2) is 48.8 Å². The summed E-state index contributed by atoms with van der Waals surface area (Å²) in [6.07, 6.45) is 3.45. The Morgan fingerprint density at radius 1 is 1.21 bits per heavy atom. The zero-order valence-corrected chi connectivity index (χ0v) is 11.5. The quantitative estimate of drug-likeness (QED) is 0.856. The van der Waals surface area contributed by atoms with Crippen molar-refractivity contribution >= 4 is 17.5 Å². The predicted molar refractivity (Wildman–Crippen MR) is 76.1 cm³/mol. The van der Waals surface area contributed by atoms with Crippen LogP contribution >= 0.6 is 11.6 Å². The Kier molecular flexibility index (Phi) is 4.53. The van der Waals surface area contributed by atoms with E-state index in [4.69, 9.17) is 11.6 Å². The SMILES string of the molecule is CCN(Cc1ccncc1)C(=O)c1ccccc1Cl. The average molecular weight is 275 g/mol. The molecule has 0 saturated heterocycles. The van der Waals surface area contributed by atoms with Crippen LogP contribution in [0.1, 0.15) is 22.8 Å². The van der Waals surface area contributed by atoms with Crippen LogP contribution in [0.25, 0.3) is 0 Å². The number of hydrogen-bond donors (Lipinski definition) is 0. The molecule has 1 aromatic heterocycles. The fourth-order valence-electron chi connectivity index (χ4n) is 1.84. The first-order chi connectivity index (χ1) is 9.22. The lowest BCUT2D eigenvalue weighted by molar-refractivity contribution is 0.0752. The van der Waals surface area contributed by atoms with Gasteiger partial charge in [-0.15, -0.1) is 0 Å². The van der Waals surface area contributed by atoms with Crippen molar-refractivity contribution in [3.8, 4) is 0 Å². The molecular weight excluding hydrogens is 260 g/mol. The largest absolute Gasteiger partial charge is 0.335 e. The average Bonchev–Trinajstić information content (AvgIpc) is 2.46. The number of pyridine rings is 1. The zero-order chi connectivity index (χ0) is 13.7. The van der Waals surface area contributed by atoms with E-state index < -0.39 is 0 Å². The van der Waals surface area contributed by atoms with Crippen molar-refractivity contribution in [1.29, 1.82) is 0 Å². The van der Waals surface area contributed by atoms with Crippen molar-refractivity contribution in [1.82, 2.24) is 9.88 Å². The Labute approximate surface area is 117 Å². The van der Waals surface area contributed by atoms with Gasteiger partial charge in [-0.2, -0.15) is 0 Å². The number of amides is 1. The molecule has 0 N–H and O–H groups in total. The Morgan fingerprint density at radius 3 is 2.53 bits per heavy atom. The molecule has 0 spiro atoms. The summed E-state index contributed by atoms with van der Waals surface area (Å²) in [6.45, 7) is 3.14. The predicted octanol–water partition coefficient (Wildman–Crippen LogP) is 3.40. The van der Waals surface area contributed by atoms with E-state index in [0.29, 0.717) is 23.7 Å². The first-order valence-corrected chi connectivity index (χ1v) is 6.53. The number of aromatic nitrogens is 1. The van der Waals surface area contributed by atoms with Crippen molar-refractivity contribution in [2.45, 2.75) is 13.5 Å². The molecule has 1 heterocycles. The molecule has 0 radical (unpaired) electrons. The molecule has 2 rings (SSSR count).